The van der Waals surface area contributed by atoms with Gasteiger partial charge in [-0.05, 0) is 0 Å². The zero-order chi connectivity index (χ0) is 8.55. The largest absolute Gasteiger partial charge is 0.507 e. The van der Waals surface area contributed by atoms with Crippen LogP contribution >= 0.6 is 12.4 Å². The van der Waals surface area contributed by atoms with E-state index in [0.29, 0.717) is 6.54 Å². The lowest BCUT2D eigenvalue weighted by Gasteiger charge is -2.16. The average molecular weight is 203 g/mol. The smallest absolute Gasteiger partial charge is 0.251 e. The van der Waals surface area contributed by atoms with Gasteiger partial charge in [-0.15, -0.1) is 12.4 Å². The number of nitrogens with one attached hydrogen (secondary N) is 2. The zero-order valence-electron chi connectivity index (χ0n) is 6.96. The molecule has 0 fully saturated rings. The van der Waals surface area contributed by atoms with Gasteiger partial charge in [-0.25, -0.2) is 0 Å². The maximum Gasteiger partial charge on any atom is 0.251 e. The number of pyridine rings is 1. The fourth-order valence-electron chi connectivity index (χ4n) is 1.46. The van der Waals surface area contributed by atoms with Crippen molar-refractivity contribution in [3.05, 3.63) is 27.7 Å². The van der Waals surface area contributed by atoms with Gasteiger partial charge < -0.3 is 15.4 Å². The molecular formula is C8H11ClN2O2. The lowest BCUT2D eigenvalue weighted by Crippen LogP contribution is -2.26. The highest BCUT2D eigenvalue weighted by atomic mass is 35.5. The minimum Gasteiger partial charge on any atom is -0.507 e. The van der Waals surface area contributed by atoms with E-state index in [1.807, 2.05) is 0 Å². The number of halogens is 1. The second kappa shape index (κ2) is 3.81. The van der Waals surface area contributed by atoms with Crippen molar-refractivity contribution < 1.29 is 5.11 Å². The predicted octanol–water partition coefficient (Wildman–Crippen LogP) is 0.148. The Kier molecular flexibility index (Phi) is 2.95. The van der Waals surface area contributed by atoms with Crippen LogP contribution in [0.4, 0.5) is 0 Å². The first kappa shape index (κ1) is 10.1. The SMILES string of the molecule is Cl.O=c1cc(O)c2c([nH]1)CCNC2. The third-order valence-electron chi connectivity index (χ3n) is 2.07. The molecule has 2 heterocycles. The number of aromatic nitrogens is 1. The minimum absolute atomic E-state index is 0. The summed E-state index contributed by atoms with van der Waals surface area (Å²) in [6.45, 7) is 1.49. The molecule has 0 aliphatic carbocycles. The van der Waals surface area contributed by atoms with Crippen molar-refractivity contribution in [2.24, 2.45) is 0 Å². The molecule has 72 valence electrons. The molecule has 0 unspecified atom stereocenters. The van der Waals surface area contributed by atoms with Gasteiger partial charge in [0.05, 0.1) is 0 Å². The molecular weight excluding hydrogens is 192 g/mol. The van der Waals surface area contributed by atoms with Gasteiger partial charge in [0.2, 0.25) is 0 Å². The number of H-pyrrole nitrogens is 1. The van der Waals surface area contributed by atoms with Gasteiger partial charge in [-0.1, -0.05) is 0 Å². The van der Waals surface area contributed by atoms with Crippen LogP contribution in [0.25, 0.3) is 0 Å². The molecule has 3 N–H and O–H groups in total. The molecule has 0 saturated carbocycles. The van der Waals surface area contributed by atoms with E-state index in [1.165, 1.54) is 6.07 Å². The summed E-state index contributed by atoms with van der Waals surface area (Å²) in [7, 11) is 0. The number of hydrogen-bond acceptors (Lipinski definition) is 3. The highest BCUT2D eigenvalue weighted by Gasteiger charge is 2.13. The zero-order valence-corrected chi connectivity index (χ0v) is 7.78. The van der Waals surface area contributed by atoms with E-state index < -0.39 is 0 Å². The van der Waals surface area contributed by atoms with Crippen LogP contribution in [-0.4, -0.2) is 16.6 Å². The molecule has 1 aliphatic heterocycles. The van der Waals surface area contributed by atoms with Gasteiger partial charge >= 0.3 is 0 Å². The summed E-state index contributed by atoms with van der Waals surface area (Å²) in [4.78, 5) is 13.6. The van der Waals surface area contributed by atoms with Crippen LogP contribution in [0.5, 0.6) is 5.75 Å². The van der Waals surface area contributed by atoms with Gasteiger partial charge in [-0.3, -0.25) is 4.79 Å². The summed E-state index contributed by atoms with van der Waals surface area (Å²) in [5.41, 5.74) is 1.45. The van der Waals surface area contributed by atoms with Gasteiger partial charge in [0.15, 0.2) is 0 Å². The van der Waals surface area contributed by atoms with Crippen molar-refractivity contribution in [2.45, 2.75) is 13.0 Å². The second-order valence-electron chi connectivity index (χ2n) is 2.90. The highest BCUT2D eigenvalue weighted by molar-refractivity contribution is 5.85. The van der Waals surface area contributed by atoms with Crippen LogP contribution in [0.15, 0.2) is 10.9 Å². The molecule has 0 atom stereocenters. The molecule has 1 aliphatic rings. The number of aromatic amines is 1. The first-order valence-corrected chi connectivity index (χ1v) is 3.92. The van der Waals surface area contributed by atoms with E-state index in [1.54, 1.807) is 0 Å². The van der Waals surface area contributed by atoms with E-state index in [9.17, 15) is 9.90 Å². The third kappa shape index (κ3) is 1.84. The van der Waals surface area contributed by atoms with E-state index in [4.69, 9.17) is 0 Å². The van der Waals surface area contributed by atoms with Crippen molar-refractivity contribution in [1.82, 2.24) is 10.3 Å². The Morgan fingerprint density at radius 2 is 2.23 bits per heavy atom. The van der Waals surface area contributed by atoms with Crippen LogP contribution in [0, 0.1) is 0 Å². The molecule has 0 aromatic carbocycles. The summed E-state index contributed by atoms with van der Waals surface area (Å²) in [6.07, 6.45) is 0.777. The molecule has 0 spiro atoms. The number of hydrogen-bond donors (Lipinski definition) is 3. The molecule has 1 aromatic rings. The molecule has 0 bridgehead atoms. The maximum atomic E-state index is 10.9. The fraction of sp³-hybridized carbons (Fsp3) is 0.375. The summed E-state index contributed by atoms with van der Waals surface area (Å²) in [5, 5.41) is 12.5. The first-order chi connectivity index (χ1) is 5.77. The van der Waals surface area contributed by atoms with Crippen LogP contribution < -0.4 is 10.9 Å². The van der Waals surface area contributed by atoms with Crippen molar-refractivity contribution in [3.8, 4) is 5.75 Å². The van der Waals surface area contributed by atoms with Crippen LogP contribution in [0.1, 0.15) is 11.3 Å². The molecule has 0 saturated heterocycles. The Morgan fingerprint density at radius 1 is 1.46 bits per heavy atom. The van der Waals surface area contributed by atoms with Crippen LogP contribution in [0.3, 0.4) is 0 Å². The lowest BCUT2D eigenvalue weighted by atomic mass is 10.1. The number of rotatable bonds is 0. The van der Waals surface area contributed by atoms with E-state index in [2.05, 4.69) is 10.3 Å². The van der Waals surface area contributed by atoms with Gasteiger partial charge in [0.25, 0.3) is 5.56 Å². The minimum atomic E-state index is -0.229. The van der Waals surface area contributed by atoms with E-state index in [-0.39, 0.29) is 23.7 Å². The average Bonchev–Trinajstić information content (AvgIpc) is 2.04. The van der Waals surface area contributed by atoms with E-state index >= 15 is 0 Å². The van der Waals surface area contributed by atoms with Gasteiger partial charge in [-0.2, -0.15) is 0 Å². The summed E-state index contributed by atoms with van der Waals surface area (Å²) >= 11 is 0. The Morgan fingerprint density at radius 3 is 3.00 bits per heavy atom. The molecule has 1 aromatic heterocycles. The molecule has 0 amide bonds. The Bertz CT molecular complexity index is 362. The molecule has 13 heavy (non-hydrogen) atoms. The summed E-state index contributed by atoms with van der Waals surface area (Å²) in [6, 6.07) is 1.21. The normalized spacial score (nSPS) is 14.5. The number of fused-ring (bicyclic) bond motifs is 1. The van der Waals surface area contributed by atoms with Crippen LogP contribution in [0.2, 0.25) is 0 Å². The summed E-state index contributed by atoms with van der Waals surface area (Å²) in [5.74, 6) is 0.0981. The Hall–Kier alpha value is -1.00. The summed E-state index contributed by atoms with van der Waals surface area (Å²) < 4.78 is 0. The Labute approximate surface area is 81.4 Å². The van der Waals surface area contributed by atoms with Crippen molar-refractivity contribution in [3.63, 3.8) is 0 Å². The molecule has 0 radical (unpaired) electrons. The second-order valence-corrected chi connectivity index (χ2v) is 2.90. The Balaban J connectivity index is 0.000000845. The lowest BCUT2D eigenvalue weighted by molar-refractivity contribution is 0.455. The van der Waals surface area contributed by atoms with Crippen molar-refractivity contribution in [2.75, 3.05) is 6.54 Å². The van der Waals surface area contributed by atoms with Crippen LogP contribution in [-0.2, 0) is 13.0 Å². The number of aromatic hydroxyl groups is 1. The van der Waals surface area contributed by atoms with Crippen molar-refractivity contribution in [1.29, 1.82) is 0 Å². The van der Waals surface area contributed by atoms with Gasteiger partial charge in [0, 0.05) is 36.8 Å². The standard InChI is InChI=1S/C8H10N2O2.ClH/c11-7-3-8(12)10-6-1-2-9-4-5(6)7;/h3,9H,1-2,4H2,(H2,10,11,12);1H. The predicted molar refractivity (Wildman–Crippen MR) is 51.4 cm³/mol. The van der Waals surface area contributed by atoms with Gasteiger partial charge in [0.1, 0.15) is 5.75 Å². The monoisotopic (exact) mass is 202 g/mol. The first-order valence-electron chi connectivity index (χ1n) is 3.92. The molecule has 5 heteroatoms. The highest BCUT2D eigenvalue weighted by Crippen LogP contribution is 2.19. The third-order valence-corrected chi connectivity index (χ3v) is 2.07. The topological polar surface area (TPSA) is 65.1 Å². The van der Waals surface area contributed by atoms with E-state index in [0.717, 1.165) is 24.2 Å². The molecule has 4 nitrogen and oxygen atoms in total. The molecule has 2 rings (SSSR count). The van der Waals surface area contributed by atoms with Crippen molar-refractivity contribution >= 4 is 12.4 Å². The fourth-order valence-corrected chi connectivity index (χ4v) is 1.46. The quantitative estimate of drug-likeness (QED) is 0.561. The maximum absolute atomic E-state index is 10.9.